The Labute approximate surface area is 214 Å². The van der Waals surface area contributed by atoms with Gasteiger partial charge in [-0.05, 0) is 57.2 Å². The lowest BCUT2D eigenvalue weighted by Gasteiger charge is -2.38. The second kappa shape index (κ2) is 10.5. The van der Waals surface area contributed by atoms with Gasteiger partial charge in [-0.15, -0.1) is 0 Å². The Morgan fingerprint density at radius 2 is 0.943 bits per heavy atom. The van der Waals surface area contributed by atoms with Crippen LogP contribution in [0.1, 0.15) is 78.4 Å². The third-order valence-corrected chi connectivity index (χ3v) is 13.4. The Hall–Kier alpha value is -2.11. The van der Waals surface area contributed by atoms with Gasteiger partial charge in [0.1, 0.15) is 0 Å². The standard InChI is InChI=1S/C33H44NP/c1-22(2)30-20-15-21-31(23(3)4)32(30)34-35(28-16-11-9-12-17-28,29-18-13-10-14-19-29)33-26(7)24(5)25(6)27(33)8/h9-27,33H,1-8H3. The largest absolute Gasteiger partial charge is 0.258 e. The van der Waals surface area contributed by atoms with E-state index < -0.39 is 7.05 Å². The molecule has 0 heterocycles. The Balaban J connectivity index is 2.21. The van der Waals surface area contributed by atoms with E-state index >= 15 is 0 Å². The summed E-state index contributed by atoms with van der Waals surface area (Å²) in [6, 6.07) is 29.5. The summed E-state index contributed by atoms with van der Waals surface area (Å²) in [5, 5.41) is 2.84. The molecule has 4 unspecified atom stereocenters. The van der Waals surface area contributed by atoms with Gasteiger partial charge in [-0.25, -0.2) is 0 Å². The molecule has 0 spiro atoms. The molecule has 0 N–H and O–H groups in total. The number of nitrogens with zero attached hydrogens (tertiary/aromatic N) is 1. The quantitative estimate of drug-likeness (QED) is 0.308. The van der Waals surface area contributed by atoms with Crippen LogP contribution in [0.4, 0.5) is 5.69 Å². The first-order chi connectivity index (χ1) is 16.7. The molecular formula is C33H44NP. The molecule has 1 aliphatic carbocycles. The summed E-state index contributed by atoms with van der Waals surface area (Å²) in [6.07, 6.45) is 0. The first-order valence-electron chi connectivity index (χ1n) is 13.6. The smallest absolute Gasteiger partial charge is 0.0690 e. The van der Waals surface area contributed by atoms with Crippen molar-refractivity contribution in [3.05, 3.63) is 90.0 Å². The van der Waals surface area contributed by atoms with E-state index in [2.05, 4.69) is 134 Å². The van der Waals surface area contributed by atoms with Gasteiger partial charge < -0.3 is 0 Å². The third-order valence-electron chi connectivity index (χ3n) is 8.90. The predicted molar refractivity (Wildman–Crippen MR) is 156 cm³/mol. The van der Waals surface area contributed by atoms with Gasteiger partial charge in [-0.3, -0.25) is 4.74 Å². The van der Waals surface area contributed by atoms with Crippen LogP contribution < -0.4 is 10.6 Å². The highest BCUT2D eigenvalue weighted by Gasteiger charge is 2.50. The van der Waals surface area contributed by atoms with E-state index in [0.29, 0.717) is 41.2 Å². The van der Waals surface area contributed by atoms with Gasteiger partial charge in [0.05, 0.1) is 5.69 Å². The van der Waals surface area contributed by atoms with Gasteiger partial charge in [0.25, 0.3) is 0 Å². The fourth-order valence-electron chi connectivity index (χ4n) is 6.51. The highest BCUT2D eigenvalue weighted by molar-refractivity contribution is 7.81. The van der Waals surface area contributed by atoms with Crippen molar-refractivity contribution in [1.29, 1.82) is 0 Å². The molecule has 0 amide bonds. The zero-order valence-electron chi connectivity index (χ0n) is 22.9. The highest BCUT2D eigenvalue weighted by Crippen LogP contribution is 2.65. The monoisotopic (exact) mass is 485 g/mol. The van der Waals surface area contributed by atoms with Crippen molar-refractivity contribution < 1.29 is 0 Å². The number of hydrogen-bond acceptors (Lipinski definition) is 1. The van der Waals surface area contributed by atoms with Crippen molar-refractivity contribution in [1.82, 2.24) is 0 Å². The van der Waals surface area contributed by atoms with Crippen molar-refractivity contribution >= 4 is 23.4 Å². The van der Waals surface area contributed by atoms with Crippen LogP contribution >= 0.6 is 7.05 Å². The summed E-state index contributed by atoms with van der Waals surface area (Å²) >= 11 is 0. The summed E-state index contributed by atoms with van der Waals surface area (Å²) in [5.41, 5.74) is 4.53. The number of rotatable bonds is 6. The average molecular weight is 486 g/mol. The maximum Gasteiger partial charge on any atom is 0.0690 e. The Morgan fingerprint density at radius 1 is 0.543 bits per heavy atom. The van der Waals surface area contributed by atoms with Crippen molar-refractivity contribution in [2.45, 2.75) is 72.9 Å². The molecule has 0 aromatic heterocycles. The first kappa shape index (κ1) is 26.0. The van der Waals surface area contributed by atoms with E-state index in [1.807, 2.05) is 0 Å². The topological polar surface area (TPSA) is 12.4 Å². The third kappa shape index (κ3) is 4.58. The van der Waals surface area contributed by atoms with Crippen LogP contribution in [0.2, 0.25) is 0 Å². The van der Waals surface area contributed by atoms with Crippen LogP contribution in [0.15, 0.2) is 83.6 Å². The first-order valence-corrected chi connectivity index (χ1v) is 15.4. The fourth-order valence-corrected chi connectivity index (χ4v) is 11.6. The van der Waals surface area contributed by atoms with Gasteiger partial charge in [-0.2, -0.15) is 0 Å². The van der Waals surface area contributed by atoms with Crippen molar-refractivity contribution in [3.8, 4) is 0 Å². The molecule has 0 saturated heterocycles. The van der Waals surface area contributed by atoms with Crippen LogP contribution in [-0.2, 0) is 0 Å². The van der Waals surface area contributed by atoms with Crippen LogP contribution in [-0.4, -0.2) is 5.66 Å². The second-order valence-corrected chi connectivity index (χ2v) is 14.7. The predicted octanol–water partition coefficient (Wildman–Crippen LogP) is 9.34. The van der Waals surface area contributed by atoms with Gasteiger partial charge >= 0.3 is 0 Å². The molecule has 4 rings (SSSR count). The zero-order valence-corrected chi connectivity index (χ0v) is 23.8. The Kier molecular flexibility index (Phi) is 7.77. The van der Waals surface area contributed by atoms with E-state index in [4.69, 9.17) is 4.74 Å². The summed E-state index contributed by atoms with van der Waals surface area (Å²) in [6.45, 7) is 19.2. The lowest BCUT2D eigenvalue weighted by Crippen LogP contribution is -2.32. The molecule has 1 aliphatic rings. The molecule has 0 bridgehead atoms. The molecule has 1 saturated carbocycles. The zero-order chi connectivity index (χ0) is 25.3. The lowest BCUT2D eigenvalue weighted by molar-refractivity contribution is 0.352. The molecule has 0 aliphatic heterocycles. The van der Waals surface area contributed by atoms with Crippen molar-refractivity contribution in [3.63, 3.8) is 0 Å². The van der Waals surface area contributed by atoms with Crippen LogP contribution in [0.25, 0.3) is 0 Å². The second-order valence-electron chi connectivity index (χ2n) is 11.5. The fraction of sp³-hybridized carbons (Fsp3) is 0.455. The van der Waals surface area contributed by atoms with E-state index in [1.165, 1.54) is 27.4 Å². The normalized spacial score (nSPS) is 24.8. The van der Waals surface area contributed by atoms with Crippen molar-refractivity contribution in [2.75, 3.05) is 0 Å². The molecule has 35 heavy (non-hydrogen) atoms. The summed E-state index contributed by atoms with van der Waals surface area (Å²) in [7, 11) is -2.17. The van der Waals surface area contributed by atoms with Gasteiger partial charge in [-0.1, -0.05) is 134 Å². The summed E-state index contributed by atoms with van der Waals surface area (Å²) < 4.78 is 6.14. The molecule has 4 atom stereocenters. The molecular weight excluding hydrogens is 441 g/mol. The molecule has 186 valence electrons. The minimum Gasteiger partial charge on any atom is -0.258 e. The molecule has 2 heteroatoms. The van der Waals surface area contributed by atoms with Gasteiger partial charge in [0.15, 0.2) is 0 Å². The van der Waals surface area contributed by atoms with Crippen LogP contribution in [0, 0.1) is 23.7 Å². The molecule has 1 fully saturated rings. The van der Waals surface area contributed by atoms with E-state index in [1.54, 1.807) is 0 Å². The summed E-state index contributed by atoms with van der Waals surface area (Å²) in [5.74, 6) is 3.43. The number of hydrogen-bond donors (Lipinski definition) is 0. The highest BCUT2D eigenvalue weighted by atomic mass is 31.2. The minimum atomic E-state index is -2.17. The maximum absolute atomic E-state index is 6.14. The Bertz CT molecular complexity index is 1090. The lowest BCUT2D eigenvalue weighted by atomic mass is 9.92. The van der Waals surface area contributed by atoms with E-state index in [0.717, 1.165) is 0 Å². The molecule has 3 aromatic carbocycles. The maximum atomic E-state index is 6.14. The average Bonchev–Trinajstić information content (AvgIpc) is 3.06. The van der Waals surface area contributed by atoms with Gasteiger partial charge in [0.2, 0.25) is 0 Å². The molecule has 3 aromatic rings. The minimum absolute atomic E-state index is 0.428. The van der Waals surface area contributed by atoms with Gasteiger partial charge in [0, 0.05) is 12.7 Å². The summed E-state index contributed by atoms with van der Waals surface area (Å²) in [4.78, 5) is 0. The molecule has 0 radical (unpaired) electrons. The Morgan fingerprint density at radius 3 is 1.31 bits per heavy atom. The van der Waals surface area contributed by atoms with Crippen LogP contribution in [0.3, 0.4) is 0 Å². The van der Waals surface area contributed by atoms with E-state index in [9.17, 15) is 0 Å². The number of benzene rings is 3. The molecule has 1 nitrogen and oxygen atoms in total. The van der Waals surface area contributed by atoms with Crippen LogP contribution in [0.5, 0.6) is 0 Å². The SMILES string of the molecule is CC(C)c1cccc(C(C)C)c1N=P(c1ccccc1)(c1ccccc1)C1C(C)C(C)C(C)C1C. The van der Waals surface area contributed by atoms with E-state index in [-0.39, 0.29) is 0 Å². The van der Waals surface area contributed by atoms with Crippen molar-refractivity contribution in [2.24, 2.45) is 28.4 Å².